The lowest BCUT2D eigenvalue weighted by molar-refractivity contribution is -0.127. The van der Waals surface area contributed by atoms with Gasteiger partial charge in [0.05, 0.1) is 0 Å². The Labute approximate surface area is 146 Å². The minimum absolute atomic E-state index is 0.0350. The molecule has 1 heterocycles. The Morgan fingerprint density at radius 3 is 2.62 bits per heavy atom. The van der Waals surface area contributed by atoms with Crippen molar-refractivity contribution in [1.29, 1.82) is 0 Å². The molecule has 134 valence electrons. The van der Waals surface area contributed by atoms with Gasteiger partial charge in [0.25, 0.3) is 5.91 Å². The first-order chi connectivity index (χ1) is 11.5. The average molecular weight is 332 g/mol. The van der Waals surface area contributed by atoms with E-state index in [2.05, 4.69) is 23.2 Å². The standard InChI is InChI=1S/C20H32N2O2/c1-15-13-16(2)17(3)19(14-15)24-18(4)20(23)21-9-8-12-22-10-6-5-7-11-22/h13-14,18H,5-12H2,1-4H3,(H,21,23)/t18-/m0/s1. The second-order valence-corrected chi connectivity index (χ2v) is 7.01. The van der Waals surface area contributed by atoms with Crippen LogP contribution >= 0.6 is 0 Å². The molecule has 0 aliphatic carbocycles. The third kappa shape index (κ3) is 5.52. The predicted molar refractivity (Wildman–Crippen MR) is 98.7 cm³/mol. The molecule has 0 bridgehead atoms. The van der Waals surface area contributed by atoms with Crippen LogP contribution in [0.4, 0.5) is 0 Å². The van der Waals surface area contributed by atoms with Gasteiger partial charge in [0.15, 0.2) is 6.10 Å². The quantitative estimate of drug-likeness (QED) is 0.778. The molecule has 0 spiro atoms. The van der Waals surface area contributed by atoms with Gasteiger partial charge in [-0.2, -0.15) is 0 Å². The van der Waals surface area contributed by atoms with Gasteiger partial charge in [-0.15, -0.1) is 0 Å². The van der Waals surface area contributed by atoms with E-state index in [9.17, 15) is 4.79 Å². The SMILES string of the molecule is Cc1cc(C)c(C)c(O[C@@H](C)C(=O)NCCCN2CCCCC2)c1. The van der Waals surface area contributed by atoms with Gasteiger partial charge in [0.2, 0.25) is 0 Å². The molecule has 1 fully saturated rings. The summed E-state index contributed by atoms with van der Waals surface area (Å²) in [6.07, 6.45) is 4.51. The molecule has 1 aliphatic rings. The van der Waals surface area contributed by atoms with Crippen LogP contribution in [0.1, 0.15) is 49.3 Å². The van der Waals surface area contributed by atoms with Crippen molar-refractivity contribution < 1.29 is 9.53 Å². The van der Waals surface area contributed by atoms with E-state index < -0.39 is 6.10 Å². The van der Waals surface area contributed by atoms with Crippen LogP contribution in [0.3, 0.4) is 0 Å². The maximum atomic E-state index is 12.2. The Hall–Kier alpha value is -1.55. The van der Waals surface area contributed by atoms with E-state index >= 15 is 0 Å². The molecule has 1 N–H and O–H groups in total. The van der Waals surface area contributed by atoms with Gasteiger partial charge < -0.3 is 15.0 Å². The van der Waals surface area contributed by atoms with Crippen LogP contribution in [0.2, 0.25) is 0 Å². The monoisotopic (exact) mass is 332 g/mol. The number of nitrogens with zero attached hydrogens (tertiary/aromatic N) is 1. The number of amides is 1. The minimum Gasteiger partial charge on any atom is -0.481 e. The van der Waals surface area contributed by atoms with E-state index in [0.29, 0.717) is 0 Å². The smallest absolute Gasteiger partial charge is 0.260 e. The van der Waals surface area contributed by atoms with E-state index in [-0.39, 0.29) is 5.91 Å². The van der Waals surface area contributed by atoms with Gasteiger partial charge in [-0.3, -0.25) is 4.79 Å². The van der Waals surface area contributed by atoms with Crippen LogP contribution < -0.4 is 10.1 Å². The minimum atomic E-state index is -0.472. The first-order valence-corrected chi connectivity index (χ1v) is 9.22. The van der Waals surface area contributed by atoms with Gasteiger partial charge in [-0.1, -0.05) is 12.5 Å². The number of hydrogen-bond acceptors (Lipinski definition) is 3. The Balaban J connectivity index is 1.74. The third-order valence-corrected chi connectivity index (χ3v) is 4.84. The van der Waals surface area contributed by atoms with Crippen molar-refractivity contribution in [3.63, 3.8) is 0 Å². The number of piperidine rings is 1. The molecular formula is C20H32N2O2. The highest BCUT2D eigenvalue weighted by Gasteiger charge is 2.16. The fourth-order valence-electron chi connectivity index (χ4n) is 3.21. The number of carbonyl (C=O) groups excluding carboxylic acids is 1. The van der Waals surface area contributed by atoms with Crippen LogP contribution in [0.15, 0.2) is 12.1 Å². The zero-order valence-electron chi connectivity index (χ0n) is 15.7. The lowest BCUT2D eigenvalue weighted by Crippen LogP contribution is -2.38. The Morgan fingerprint density at radius 1 is 1.21 bits per heavy atom. The van der Waals surface area contributed by atoms with Crippen molar-refractivity contribution >= 4 is 5.91 Å². The topological polar surface area (TPSA) is 41.6 Å². The molecular weight excluding hydrogens is 300 g/mol. The molecule has 1 atom stereocenters. The van der Waals surface area contributed by atoms with Gasteiger partial charge >= 0.3 is 0 Å². The average Bonchev–Trinajstić information content (AvgIpc) is 2.56. The van der Waals surface area contributed by atoms with E-state index in [0.717, 1.165) is 36.4 Å². The van der Waals surface area contributed by atoms with Gasteiger partial charge in [0, 0.05) is 6.54 Å². The molecule has 2 rings (SSSR count). The second kappa shape index (κ2) is 9.07. The zero-order chi connectivity index (χ0) is 17.5. The number of rotatable bonds is 7. The summed E-state index contributed by atoms with van der Waals surface area (Å²) in [5.74, 6) is 0.774. The molecule has 24 heavy (non-hydrogen) atoms. The first kappa shape index (κ1) is 18.8. The van der Waals surface area contributed by atoms with Crippen molar-refractivity contribution in [2.24, 2.45) is 0 Å². The molecule has 0 saturated carbocycles. The summed E-state index contributed by atoms with van der Waals surface area (Å²) in [6.45, 7) is 12.2. The maximum Gasteiger partial charge on any atom is 0.260 e. The van der Waals surface area contributed by atoms with E-state index in [1.54, 1.807) is 0 Å². The van der Waals surface area contributed by atoms with E-state index in [4.69, 9.17) is 4.74 Å². The first-order valence-electron chi connectivity index (χ1n) is 9.22. The molecule has 1 aromatic rings. The Morgan fingerprint density at radius 2 is 1.92 bits per heavy atom. The summed E-state index contributed by atoms with van der Waals surface area (Å²) < 4.78 is 5.89. The summed E-state index contributed by atoms with van der Waals surface area (Å²) in [4.78, 5) is 14.7. The number of benzene rings is 1. The predicted octanol–water partition coefficient (Wildman–Crippen LogP) is 3.37. The Bertz CT molecular complexity index is 551. The van der Waals surface area contributed by atoms with Gasteiger partial charge in [-0.25, -0.2) is 0 Å². The molecule has 1 aliphatic heterocycles. The van der Waals surface area contributed by atoms with Crippen molar-refractivity contribution in [1.82, 2.24) is 10.2 Å². The molecule has 0 unspecified atom stereocenters. The number of nitrogens with one attached hydrogen (secondary N) is 1. The Kier molecular flexibility index (Phi) is 7.10. The zero-order valence-corrected chi connectivity index (χ0v) is 15.7. The highest BCUT2D eigenvalue weighted by atomic mass is 16.5. The molecule has 1 saturated heterocycles. The summed E-state index contributed by atoms with van der Waals surface area (Å²) in [7, 11) is 0. The second-order valence-electron chi connectivity index (χ2n) is 7.01. The fraction of sp³-hybridized carbons (Fsp3) is 0.650. The molecule has 4 nitrogen and oxygen atoms in total. The molecule has 1 amide bonds. The van der Waals surface area contributed by atoms with Crippen LogP contribution in [0.25, 0.3) is 0 Å². The number of ether oxygens (including phenoxy) is 1. The largest absolute Gasteiger partial charge is 0.481 e. The summed E-state index contributed by atoms with van der Waals surface area (Å²) in [6, 6.07) is 4.13. The summed E-state index contributed by atoms with van der Waals surface area (Å²) >= 11 is 0. The number of hydrogen-bond donors (Lipinski definition) is 1. The van der Waals surface area contributed by atoms with Crippen LogP contribution in [-0.2, 0) is 4.79 Å². The van der Waals surface area contributed by atoms with Crippen LogP contribution in [0.5, 0.6) is 5.75 Å². The lowest BCUT2D eigenvalue weighted by Gasteiger charge is -2.26. The van der Waals surface area contributed by atoms with E-state index in [1.165, 1.54) is 37.9 Å². The van der Waals surface area contributed by atoms with Crippen LogP contribution in [-0.4, -0.2) is 43.1 Å². The number of carbonyl (C=O) groups is 1. The molecule has 1 aromatic carbocycles. The van der Waals surface area contributed by atoms with Gasteiger partial charge in [0.1, 0.15) is 5.75 Å². The fourth-order valence-corrected chi connectivity index (χ4v) is 3.21. The summed E-state index contributed by atoms with van der Waals surface area (Å²) in [5.41, 5.74) is 3.45. The summed E-state index contributed by atoms with van der Waals surface area (Å²) in [5, 5.41) is 3.00. The van der Waals surface area contributed by atoms with E-state index in [1.807, 2.05) is 26.8 Å². The highest BCUT2D eigenvalue weighted by molar-refractivity contribution is 5.80. The third-order valence-electron chi connectivity index (χ3n) is 4.84. The molecule has 4 heteroatoms. The van der Waals surface area contributed by atoms with Crippen molar-refractivity contribution in [2.75, 3.05) is 26.2 Å². The normalized spacial score (nSPS) is 16.7. The lowest BCUT2D eigenvalue weighted by atomic mass is 10.1. The van der Waals surface area contributed by atoms with Crippen molar-refractivity contribution in [3.8, 4) is 5.75 Å². The number of likely N-dealkylation sites (tertiary alicyclic amines) is 1. The van der Waals surface area contributed by atoms with Crippen molar-refractivity contribution in [3.05, 3.63) is 28.8 Å². The number of aryl methyl sites for hydroxylation is 2. The van der Waals surface area contributed by atoms with Crippen LogP contribution in [0, 0.1) is 20.8 Å². The van der Waals surface area contributed by atoms with Gasteiger partial charge in [-0.05, 0) is 89.3 Å². The molecule has 0 aromatic heterocycles. The highest BCUT2D eigenvalue weighted by Crippen LogP contribution is 2.24. The molecule has 0 radical (unpaired) electrons. The maximum absolute atomic E-state index is 12.2. The van der Waals surface area contributed by atoms with Crippen molar-refractivity contribution in [2.45, 2.75) is 59.5 Å².